The largest absolute Gasteiger partial charge is 0.478 e. The quantitative estimate of drug-likeness (QED) is 0.115. The predicted molar refractivity (Wildman–Crippen MR) is 300 cm³/mol. The van der Waals surface area contributed by atoms with Crippen molar-refractivity contribution in [2.75, 3.05) is 9.80 Å². The van der Waals surface area contributed by atoms with Crippen molar-refractivity contribution in [1.82, 2.24) is 19.9 Å². The molecular formula is C65H52N6O2. The lowest BCUT2D eigenvalue weighted by atomic mass is 10.1. The van der Waals surface area contributed by atoms with Gasteiger partial charge in [0.25, 0.3) is 0 Å². The number of carboxylic acid groups (broad SMARTS) is 1. The average Bonchev–Trinajstić information content (AvgIpc) is 3.42. The van der Waals surface area contributed by atoms with Crippen LogP contribution in [0.15, 0.2) is 213 Å². The zero-order valence-corrected chi connectivity index (χ0v) is 41.1. The molecule has 0 saturated carbocycles. The minimum atomic E-state index is -1.03. The summed E-state index contributed by atoms with van der Waals surface area (Å²) in [6.07, 6.45) is 11.7. The van der Waals surface area contributed by atoms with E-state index in [9.17, 15) is 9.90 Å². The van der Waals surface area contributed by atoms with Crippen LogP contribution in [-0.4, -0.2) is 31.0 Å². The molecule has 8 heteroatoms. The van der Waals surface area contributed by atoms with Crippen molar-refractivity contribution in [3.05, 3.63) is 263 Å². The number of benzene rings is 6. The highest BCUT2D eigenvalue weighted by Crippen LogP contribution is 2.37. The number of aromatic carboxylic acids is 1. The van der Waals surface area contributed by atoms with Gasteiger partial charge >= 0.3 is 5.97 Å². The van der Waals surface area contributed by atoms with Gasteiger partial charge in [-0.2, -0.15) is 0 Å². The maximum absolute atomic E-state index is 11.8. The van der Waals surface area contributed by atoms with Crippen LogP contribution in [-0.2, 0) is 0 Å². The van der Waals surface area contributed by atoms with Gasteiger partial charge in [-0.05, 0) is 171 Å². The van der Waals surface area contributed by atoms with E-state index in [-0.39, 0.29) is 5.56 Å². The molecule has 0 aliphatic carbocycles. The molecule has 8 nitrogen and oxygen atoms in total. The number of carbonyl (C=O) groups is 1. The van der Waals surface area contributed by atoms with Gasteiger partial charge in [-0.15, -0.1) is 0 Å². The van der Waals surface area contributed by atoms with Crippen molar-refractivity contribution in [2.24, 2.45) is 0 Å². The maximum Gasteiger partial charge on any atom is 0.335 e. The van der Waals surface area contributed by atoms with Crippen LogP contribution in [0, 0.1) is 27.7 Å². The number of carboxylic acids is 1. The summed E-state index contributed by atoms with van der Waals surface area (Å²) in [4.78, 5) is 35.7. The number of pyridine rings is 4. The summed E-state index contributed by atoms with van der Waals surface area (Å²) in [6.45, 7) is 8.41. The third-order valence-corrected chi connectivity index (χ3v) is 12.6. The van der Waals surface area contributed by atoms with Crippen molar-refractivity contribution in [3.63, 3.8) is 0 Å². The third-order valence-electron chi connectivity index (χ3n) is 12.6. The maximum atomic E-state index is 11.8. The highest BCUT2D eigenvalue weighted by Gasteiger charge is 2.16. The third kappa shape index (κ3) is 11.3. The topological polar surface area (TPSA) is 95.3 Å². The van der Waals surface area contributed by atoms with E-state index in [1.807, 2.05) is 42.5 Å². The average molecular weight is 949 g/mol. The molecule has 0 saturated heterocycles. The van der Waals surface area contributed by atoms with Crippen molar-refractivity contribution in [2.45, 2.75) is 27.7 Å². The van der Waals surface area contributed by atoms with Gasteiger partial charge in [-0.1, -0.05) is 125 Å². The standard InChI is InChI=1S/C65H52N6O2/c1-44-8-24-53(25-9-44)70(54-26-10-45(2)11-27-54)57-32-20-48(21-33-57)16-18-50-36-38-66-61(40-50)64-42-51(41-63(69-64)60-7-5-6-59(68-60)62-43-52(65(72)73)37-39-67-62)19-17-49-22-34-58(35-23-49)71(55-28-12-46(3)13-29-55)56-30-14-47(4)15-31-56/h5-43H,1-4H3,(H,72,73)/b18-16+,19-17+. The number of aryl methyl sites for hydroxylation is 4. The number of nitrogens with zero attached hydrogens (tertiary/aromatic N) is 6. The van der Waals surface area contributed by atoms with Gasteiger partial charge in [0.2, 0.25) is 0 Å². The molecule has 6 aromatic carbocycles. The molecule has 354 valence electrons. The van der Waals surface area contributed by atoms with E-state index in [1.54, 1.807) is 6.20 Å². The van der Waals surface area contributed by atoms with Gasteiger partial charge in [-0.25, -0.2) is 14.8 Å². The van der Waals surface area contributed by atoms with Crippen LogP contribution in [0.2, 0.25) is 0 Å². The van der Waals surface area contributed by atoms with Crippen LogP contribution >= 0.6 is 0 Å². The van der Waals surface area contributed by atoms with Crippen LogP contribution in [0.4, 0.5) is 34.1 Å². The predicted octanol–water partition coefficient (Wildman–Crippen LogP) is 16.5. The second kappa shape index (κ2) is 21.2. The molecule has 0 atom stereocenters. The SMILES string of the molecule is Cc1ccc(N(c2ccc(C)cc2)c2ccc(/C=C/c3ccnc(-c4cc(/C=C/c5ccc(N(c6ccc(C)cc6)c6ccc(C)cc6)cc5)cc(-c5cccc(-c6cc(C(=O)O)ccn6)n5)n4)c3)cc2)cc1. The summed E-state index contributed by atoms with van der Waals surface area (Å²) in [7, 11) is 0. The van der Waals surface area contributed by atoms with Crippen LogP contribution in [0.25, 0.3) is 58.5 Å². The fourth-order valence-electron chi connectivity index (χ4n) is 8.55. The van der Waals surface area contributed by atoms with Crippen molar-refractivity contribution >= 4 is 64.4 Å². The number of anilines is 6. The highest BCUT2D eigenvalue weighted by atomic mass is 16.4. The zero-order chi connectivity index (χ0) is 50.3. The number of hydrogen-bond acceptors (Lipinski definition) is 7. The molecule has 0 spiro atoms. The summed E-state index contributed by atoms with van der Waals surface area (Å²) in [5.74, 6) is -1.03. The van der Waals surface area contributed by atoms with E-state index in [1.165, 1.54) is 40.6 Å². The lowest BCUT2D eigenvalue weighted by Crippen LogP contribution is -2.09. The fraction of sp³-hybridized carbons (Fsp3) is 0.0615. The smallest absolute Gasteiger partial charge is 0.335 e. The molecule has 10 aromatic rings. The molecule has 0 amide bonds. The normalized spacial score (nSPS) is 11.3. The van der Waals surface area contributed by atoms with E-state index in [0.717, 1.165) is 56.4 Å². The first kappa shape index (κ1) is 47.2. The van der Waals surface area contributed by atoms with Crippen LogP contribution in [0.3, 0.4) is 0 Å². The molecule has 73 heavy (non-hydrogen) atoms. The molecule has 4 heterocycles. The Morgan fingerprint density at radius 2 is 0.685 bits per heavy atom. The summed E-state index contributed by atoms with van der Waals surface area (Å²) in [6, 6.07) is 68.2. The molecule has 0 fully saturated rings. The minimum Gasteiger partial charge on any atom is -0.478 e. The van der Waals surface area contributed by atoms with E-state index in [4.69, 9.17) is 15.0 Å². The molecule has 10 rings (SSSR count). The summed E-state index contributed by atoms with van der Waals surface area (Å²) in [5, 5.41) is 9.69. The van der Waals surface area contributed by atoms with E-state index >= 15 is 0 Å². The van der Waals surface area contributed by atoms with E-state index < -0.39 is 5.97 Å². The van der Waals surface area contributed by atoms with Crippen molar-refractivity contribution in [1.29, 1.82) is 0 Å². The van der Waals surface area contributed by atoms with Crippen molar-refractivity contribution in [3.8, 4) is 34.2 Å². The molecule has 0 radical (unpaired) electrons. The number of aromatic nitrogens is 4. The van der Waals surface area contributed by atoms with Crippen molar-refractivity contribution < 1.29 is 9.90 Å². The Morgan fingerprint density at radius 3 is 1.12 bits per heavy atom. The Labute approximate surface area is 426 Å². The second-order valence-corrected chi connectivity index (χ2v) is 18.2. The fourth-order valence-corrected chi connectivity index (χ4v) is 8.55. The van der Waals surface area contributed by atoms with E-state index in [2.05, 4.69) is 212 Å². The first-order chi connectivity index (χ1) is 35.6. The number of rotatable bonds is 14. The molecule has 1 N–H and O–H groups in total. The molecular weight excluding hydrogens is 897 g/mol. The molecule has 0 bridgehead atoms. The lowest BCUT2D eigenvalue weighted by molar-refractivity contribution is 0.0696. The minimum absolute atomic E-state index is 0.135. The Kier molecular flexibility index (Phi) is 13.7. The Balaban J connectivity index is 0.962. The Bertz CT molecular complexity index is 3520. The molecule has 0 aliphatic rings. The highest BCUT2D eigenvalue weighted by molar-refractivity contribution is 5.89. The monoisotopic (exact) mass is 948 g/mol. The van der Waals surface area contributed by atoms with E-state index in [0.29, 0.717) is 34.2 Å². The van der Waals surface area contributed by atoms with Gasteiger partial charge < -0.3 is 14.9 Å². The van der Waals surface area contributed by atoms with Gasteiger partial charge in [0.1, 0.15) is 0 Å². The number of hydrogen-bond donors (Lipinski definition) is 1. The first-order valence-electron chi connectivity index (χ1n) is 24.2. The first-order valence-corrected chi connectivity index (χ1v) is 24.2. The van der Waals surface area contributed by atoms with Gasteiger partial charge in [-0.3, -0.25) is 9.97 Å². The molecule has 0 aliphatic heterocycles. The van der Waals surface area contributed by atoms with Crippen LogP contribution < -0.4 is 9.80 Å². The van der Waals surface area contributed by atoms with Gasteiger partial charge in [0.15, 0.2) is 0 Å². The zero-order valence-electron chi connectivity index (χ0n) is 41.1. The second-order valence-electron chi connectivity index (χ2n) is 18.2. The molecule has 4 aromatic heterocycles. The van der Waals surface area contributed by atoms with Gasteiger partial charge in [0.05, 0.1) is 39.7 Å². The Hall–Kier alpha value is -9.53. The van der Waals surface area contributed by atoms with Crippen LogP contribution in [0.1, 0.15) is 54.9 Å². The Morgan fingerprint density at radius 1 is 0.356 bits per heavy atom. The summed E-state index contributed by atoms with van der Waals surface area (Å²) in [5.41, 5.74) is 19.0. The van der Waals surface area contributed by atoms with Crippen LogP contribution in [0.5, 0.6) is 0 Å². The molecule has 0 unspecified atom stereocenters. The summed E-state index contributed by atoms with van der Waals surface area (Å²) < 4.78 is 0. The summed E-state index contributed by atoms with van der Waals surface area (Å²) >= 11 is 0. The lowest BCUT2D eigenvalue weighted by Gasteiger charge is -2.25. The van der Waals surface area contributed by atoms with Gasteiger partial charge in [0, 0.05) is 46.5 Å².